The fourth-order valence-corrected chi connectivity index (χ4v) is 1.84. The number of carbonyl (C=O) groups excluding carboxylic acids is 1. The number of carbonyl (C=O) groups is 1. The average Bonchev–Trinajstić information content (AvgIpc) is 2.45. The number of amides is 1. The number of hydrogen-bond donors (Lipinski definition) is 2. The molecule has 1 heterocycles. The molecule has 2 N–H and O–H groups in total. The Morgan fingerprint density at radius 1 is 1.24 bits per heavy atom. The van der Waals surface area contributed by atoms with Gasteiger partial charge in [-0.25, -0.2) is 9.97 Å². The minimum Gasteiger partial charge on any atom is -0.370 e. The zero-order valence-electron chi connectivity index (χ0n) is 13.9. The van der Waals surface area contributed by atoms with Crippen LogP contribution < -0.4 is 10.6 Å². The summed E-state index contributed by atoms with van der Waals surface area (Å²) in [6, 6.07) is 1.52. The van der Waals surface area contributed by atoms with Crippen LogP contribution in [0.2, 0.25) is 0 Å². The summed E-state index contributed by atoms with van der Waals surface area (Å²) in [5, 5.41) is 6.36. The zero-order valence-corrected chi connectivity index (χ0v) is 13.9. The fourth-order valence-electron chi connectivity index (χ4n) is 1.84. The number of anilines is 2. The standard InChI is InChI=1S/C15H27N5O/c1-7-16-12-9-13(19-14(18-12)10(3)4)17-11(5)15(21)20(6)8-2/h9-11H,7-8H2,1-6H3,(H2,16,17,18,19). The van der Waals surface area contributed by atoms with Gasteiger partial charge in [0.25, 0.3) is 0 Å². The Morgan fingerprint density at radius 2 is 1.86 bits per heavy atom. The summed E-state index contributed by atoms with van der Waals surface area (Å²) < 4.78 is 0. The molecule has 118 valence electrons. The summed E-state index contributed by atoms with van der Waals surface area (Å²) in [6.45, 7) is 11.4. The van der Waals surface area contributed by atoms with Crippen LogP contribution >= 0.6 is 0 Å². The van der Waals surface area contributed by atoms with Crippen molar-refractivity contribution in [2.24, 2.45) is 0 Å². The van der Waals surface area contributed by atoms with E-state index in [2.05, 4.69) is 20.6 Å². The number of aromatic nitrogens is 2. The Balaban J connectivity index is 2.93. The van der Waals surface area contributed by atoms with Crippen LogP contribution in [-0.2, 0) is 4.79 Å². The lowest BCUT2D eigenvalue weighted by molar-refractivity contribution is -0.130. The molecule has 0 aromatic carbocycles. The molecule has 6 heteroatoms. The Morgan fingerprint density at radius 3 is 2.38 bits per heavy atom. The molecule has 1 atom stereocenters. The van der Waals surface area contributed by atoms with Crippen LogP contribution in [0.4, 0.5) is 11.6 Å². The highest BCUT2D eigenvalue weighted by Crippen LogP contribution is 2.17. The summed E-state index contributed by atoms with van der Waals surface area (Å²) in [4.78, 5) is 22.8. The number of rotatable bonds is 7. The second kappa shape index (κ2) is 7.81. The molecule has 0 aliphatic rings. The lowest BCUT2D eigenvalue weighted by Gasteiger charge is -2.21. The molecule has 0 bridgehead atoms. The van der Waals surface area contributed by atoms with E-state index in [4.69, 9.17) is 0 Å². The first-order chi connectivity index (χ1) is 9.88. The van der Waals surface area contributed by atoms with Crippen molar-refractivity contribution >= 4 is 17.5 Å². The van der Waals surface area contributed by atoms with E-state index in [0.29, 0.717) is 12.4 Å². The third-order valence-electron chi connectivity index (χ3n) is 3.20. The fraction of sp³-hybridized carbons (Fsp3) is 0.667. The molecule has 0 saturated carbocycles. The Labute approximate surface area is 127 Å². The van der Waals surface area contributed by atoms with Gasteiger partial charge in [-0.15, -0.1) is 0 Å². The topological polar surface area (TPSA) is 70.2 Å². The van der Waals surface area contributed by atoms with E-state index in [-0.39, 0.29) is 17.9 Å². The van der Waals surface area contributed by atoms with E-state index in [1.807, 2.05) is 40.7 Å². The van der Waals surface area contributed by atoms with Crippen LogP contribution in [0, 0.1) is 0 Å². The quantitative estimate of drug-likeness (QED) is 0.807. The number of likely N-dealkylation sites (N-methyl/N-ethyl adjacent to an activating group) is 1. The van der Waals surface area contributed by atoms with Gasteiger partial charge in [-0.1, -0.05) is 13.8 Å². The molecule has 21 heavy (non-hydrogen) atoms. The van der Waals surface area contributed by atoms with Crippen LogP contribution in [0.15, 0.2) is 6.07 Å². The van der Waals surface area contributed by atoms with Gasteiger partial charge >= 0.3 is 0 Å². The van der Waals surface area contributed by atoms with Gasteiger partial charge in [0.1, 0.15) is 23.5 Å². The highest BCUT2D eigenvalue weighted by atomic mass is 16.2. The van der Waals surface area contributed by atoms with Crippen LogP contribution in [0.3, 0.4) is 0 Å². The lowest BCUT2D eigenvalue weighted by Crippen LogP contribution is -2.39. The maximum atomic E-state index is 12.1. The molecule has 0 saturated heterocycles. The smallest absolute Gasteiger partial charge is 0.244 e. The molecule has 6 nitrogen and oxygen atoms in total. The van der Waals surface area contributed by atoms with Crippen molar-refractivity contribution < 1.29 is 4.79 Å². The van der Waals surface area contributed by atoms with Crippen LogP contribution in [0.25, 0.3) is 0 Å². The third kappa shape index (κ3) is 4.88. The molecule has 0 aliphatic carbocycles. The van der Waals surface area contributed by atoms with Gasteiger partial charge in [0.15, 0.2) is 0 Å². The highest BCUT2D eigenvalue weighted by Gasteiger charge is 2.17. The van der Waals surface area contributed by atoms with Gasteiger partial charge in [0, 0.05) is 32.1 Å². The number of nitrogens with zero attached hydrogens (tertiary/aromatic N) is 3. The third-order valence-corrected chi connectivity index (χ3v) is 3.20. The molecule has 1 aromatic heterocycles. The summed E-state index contributed by atoms with van der Waals surface area (Å²) in [6.07, 6.45) is 0. The normalized spacial score (nSPS) is 12.1. The SMILES string of the molecule is CCNc1cc(NC(C)C(=O)N(C)CC)nc(C(C)C)n1. The van der Waals surface area contributed by atoms with Crippen molar-refractivity contribution in [2.45, 2.75) is 46.6 Å². The van der Waals surface area contributed by atoms with Gasteiger partial charge < -0.3 is 15.5 Å². The van der Waals surface area contributed by atoms with E-state index in [0.717, 1.165) is 18.2 Å². The van der Waals surface area contributed by atoms with Gasteiger partial charge in [-0.2, -0.15) is 0 Å². The first kappa shape index (κ1) is 17.2. The summed E-state index contributed by atoms with van der Waals surface area (Å²) in [7, 11) is 1.80. The highest BCUT2D eigenvalue weighted by molar-refractivity contribution is 5.83. The van der Waals surface area contributed by atoms with E-state index >= 15 is 0 Å². The van der Waals surface area contributed by atoms with Crippen molar-refractivity contribution in [1.82, 2.24) is 14.9 Å². The Hall–Kier alpha value is -1.85. The van der Waals surface area contributed by atoms with Crippen LogP contribution in [-0.4, -0.2) is 47.0 Å². The average molecular weight is 293 g/mol. The van der Waals surface area contributed by atoms with Gasteiger partial charge in [-0.3, -0.25) is 4.79 Å². The van der Waals surface area contributed by atoms with E-state index in [9.17, 15) is 4.79 Å². The zero-order chi connectivity index (χ0) is 16.0. The minimum absolute atomic E-state index is 0.0483. The summed E-state index contributed by atoms with van der Waals surface area (Å²) >= 11 is 0. The lowest BCUT2D eigenvalue weighted by atomic mass is 10.2. The summed E-state index contributed by atoms with van der Waals surface area (Å²) in [5.41, 5.74) is 0. The molecule has 0 fully saturated rings. The predicted octanol–water partition coefficient (Wildman–Crippen LogP) is 2.31. The monoisotopic (exact) mass is 293 g/mol. The van der Waals surface area contributed by atoms with Crippen molar-refractivity contribution in [3.63, 3.8) is 0 Å². The maximum absolute atomic E-state index is 12.1. The van der Waals surface area contributed by atoms with Crippen LogP contribution in [0.1, 0.15) is 46.4 Å². The largest absolute Gasteiger partial charge is 0.370 e. The van der Waals surface area contributed by atoms with Crippen molar-refractivity contribution in [3.8, 4) is 0 Å². The molecule has 1 unspecified atom stereocenters. The molecule has 0 spiro atoms. The van der Waals surface area contributed by atoms with Gasteiger partial charge in [0.2, 0.25) is 5.91 Å². The van der Waals surface area contributed by atoms with Crippen molar-refractivity contribution in [1.29, 1.82) is 0 Å². The van der Waals surface area contributed by atoms with E-state index in [1.165, 1.54) is 0 Å². The van der Waals surface area contributed by atoms with E-state index in [1.54, 1.807) is 11.9 Å². The first-order valence-corrected chi connectivity index (χ1v) is 7.53. The first-order valence-electron chi connectivity index (χ1n) is 7.53. The van der Waals surface area contributed by atoms with Gasteiger partial charge in [0.05, 0.1) is 0 Å². The molecule has 1 amide bonds. The van der Waals surface area contributed by atoms with E-state index < -0.39 is 0 Å². The predicted molar refractivity (Wildman–Crippen MR) is 86.7 cm³/mol. The Kier molecular flexibility index (Phi) is 6.39. The Bertz CT molecular complexity index is 475. The van der Waals surface area contributed by atoms with Crippen LogP contribution in [0.5, 0.6) is 0 Å². The van der Waals surface area contributed by atoms with Crippen molar-refractivity contribution in [3.05, 3.63) is 11.9 Å². The number of nitrogens with one attached hydrogen (secondary N) is 2. The molecule has 1 rings (SSSR count). The molecular weight excluding hydrogens is 266 g/mol. The second-order valence-corrected chi connectivity index (χ2v) is 5.40. The molecule has 0 aliphatic heterocycles. The number of hydrogen-bond acceptors (Lipinski definition) is 5. The summed E-state index contributed by atoms with van der Waals surface area (Å²) in [5.74, 6) is 2.50. The maximum Gasteiger partial charge on any atom is 0.244 e. The van der Waals surface area contributed by atoms with Gasteiger partial charge in [-0.05, 0) is 20.8 Å². The second-order valence-electron chi connectivity index (χ2n) is 5.40. The van der Waals surface area contributed by atoms with Crippen molar-refractivity contribution in [2.75, 3.05) is 30.8 Å². The molecule has 1 aromatic rings. The molecule has 0 radical (unpaired) electrons. The molecular formula is C15H27N5O. The minimum atomic E-state index is -0.320.